The van der Waals surface area contributed by atoms with Crippen LogP contribution in [0.5, 0.6) is 0 Å². The first-order valence-electron chi connectivity index (χ1n) is 8.55. The Balaban J connectivity index is 1.73. The van der Waals surface area contributed by atoms with E-state index in [4.69, 9.17) is 0 Å². The second-order valence-electron chi connectivity index (χ2n) is 6.17. The molecule has 2 fully saturated rings. The zero-order valence-electron chi connectivity index (χ0n) is 13.5. The van der Waals surface area contributed by atoms with Crippen molar-refractivity contribution in [2.75, 3.05) is 26.2 Å². The van der Waals surface area contributed by atoms with Crippen LogP contribution in [0.25, 0.3) is 0 Å². The number of aliphatic imine (C=N–C) groups is 1. The minimum absolute atomic E-state index is 0.255. The zero-order chi connectivity index (χ0) is 15.1. The number of carbonyl (C=O) groups is 1. The molecule has 0 spiro atoms. The highest BCUT2D eigenvalue weighted by atomic mass is 16.2. The van der Waals surface area contributed by atoms with Crippen LogP contribution in [-0.4, -0.2) is 49.0 Å². The number of carbonyl (C=O) groups excluding carboxylic acids is 1. The van der Waals surface area contributed by atoms with E-state index in [0.29, 0.717) is 12.5 Å². The molecule has 1 amide bonds. The predicted octanol–water partition coefficient (Wildman–Crippen LogP) is 1.74. The molecule has 0 aromatic rings. The molecule has 1 saturated heterocycles. The molecule has 1 unspecified atom stereocenters. The fourth-order valence-electron chi connectivity index (χ4n) is 2.82. The summed E-state index contributed by atoms with van der Waals surface area (Å²) in [5, 5.41) is 6.78. The Hall–Kier alpha value is -1.26. The van der Waals surface area contributed by atoms with E-state index in [1.165, 1.54) is 25.7 Å². The van der Waals surface area contributed by atoms with Crippen molar-refractivity contribution in [2.24, 2.45) is 10.9 Å². The lowest BCUT2D eigenvalue weighted by atomic mass is 10.2. The van der Waals surface area contributed by atoms with Gasteiger partial charge in [-0.2, -0.15) is 0 Å². The molecule has 5 heteroatoms. The molecule has 21 heavy (non-hydrogen) atoms. The first-order valence-corrected chi connectivity index (χ1v) is 8.55. The molecule has 0 bridgehead atoms. The molecule has 1 saturated carbocycles. The van der Waals surface area contributed by atoms with E-state index in [1.54, 1.807) is 0 Å². The maximum absolute atomic E-state index is 11.7. The molecular formula is C16H30N4O. The minimum atomic E-state index is 0.255. The van der Waals surface area contributed by atoms with Crippen molar-refractivity contribution < 1.29 is 4.79 Å². The molecule has 1 atom stereocenters. The lowest BCUT2D eigenvalue weighted by Gasteiger charge is -2.18. The number of nitrogens with zero attached hydrogens (tertiary/aromatic N) is 2. The van der Waals surface area contributed by atoms with Crippen LogP contribution in [0.1, 0.15) is 52.4 Å². The number of guanidine groups is 1. The normalized spacial score (nSPS) is 22.5. The molecule has 1 aliphatic carbocycles. The van der Waals surface area contributed by atoms with Gasteiger partial charge in [-0.1, -0.05) is 19.8 Å². The molecule has 2 rings (SSSR count). The average molecular weight is 294 g/mol. The number of hydrogen-bond donors (Lipinski definition) is 2. The number of hydrogen-bond acceptors (Lipinski definition) is 2. The average Bonchev–Trinajstić information content (AvgIpc) is 3.20. The van der Waals surface area contributed by atoms with Crippen LogP contribution < -0.4 is 10.6 Å². The van der Waals surface area contributed by atoms with E-state index in [2.05, 4.69) is 22.5 Å². The van der Waals surface area contributed by atoms with Gasteiger partial charge in [0.05, 0.1) is 0 Å². The lowest BCUT2D eigenvalue weighted by molar-refractivity contribution is -0.129. The molecule has 0 radical (unpaired) electrons. The van der Waals surface area contributed by atoms with E-state index in [0.717, 1.165) is 44.5 Å². The van der Waals surface area contributed by atoms with Gasteiger partial charge >= 0.3 is 0 Å². The third-order valence-corrected chi connectivity index (χ3v) is 4.27. The van der Waals surface area contributed by atoms with Crippen LogP contribution >= 0.6 is 0 Å². The first-order chi connectivity index (χ1) is 10.2. The van der Waals surface area contributed by atoms with Crippen molar-refractivity contribution in [3.8, 4) is 0 Å². The van der Waals surface area contributed by atoms with Gasteiger partial charge in [-0.3, -0.25) is 9.79 Å². The molecule has 1 heterocycles. The maximum Gasteiger partial charge on any atom is 0.222 e. The van der Waals surface area contributed by atoms with Crippen LogP contribution in [0.4, 0.5) is 0 Å². The number of nitrogens with one attached hydrogen (secondary N) is 2. The molecule has 1 aliphatic heterocycles. The van der Waals surface area contributed by atoms with Crippen LogP contribution in [-0.2, 0) is 4.79 Å². The number of amides is 1. The van der Waals surface area contributed by atoms with Gasteiger partial charge in [-0.15, -0.1) is 0 Å². The Morgan fingerprint density at radius 2 is 2.10 bits per heavy atom. The Bertz CT molecular complexity index is 365. The van der Waals surface area contributed by atoms with Crippen LogP contribution in [0.15, 0.2) is 4.99 Å². The largest absolute Gasteiger partial charge is 0.357 e. The molecule has 120 valence electrons. The van der Waals surface area contributed by atoms with Gasteiger partial charge in [0.1, 0.15) is 0 Å². The third kappa shape index (κ3) is 5.56. The van der Waals surface area contributed by atoms with Crippen LogP contribution in [0.2, 0.25) is 0 Å². The fourth-order valence-corrected chi connectivity index (χ4v) is 2.82. The Morgan fingerprint density at radius 1 is 1.29 bits per heavy atom. The summed E-state index contributed by atoms with van der Waals surface area (Å²) in [6, 6.07) is 0.335. The minimum Gasteiger partial charge on any atom is -0.357 e. The molecule has 5 nitrogen and oxygen atoms in total. The van der Waals surface area contributed by atoms with E-state index < -0.39 is 0 Å². The van der Waals surface area contributed by atoms with Crippen molar-refractivity contribution in [1.29, 1.82) is 0 Å². The van der Waals surface area contributed by atoms with Gasteiger partial charge in [-0.05, 0) is 32.1 Å². The van der Waals surface area contributed by atoms with E-state index in [1.807, 2.05) is 11.8 Å². The summed E-state index contributed by atoms with van der Waals surface area (Å²) in [7, 11) is 0. The number of rotatable bonds is 7. The summed E-state index contributed by atoms with van der Waals surface area (Å²) >= 11 is 0. The maximum atomic E-state index is 11.7. The van der Waals surface area contributed by atoms with Crippen molar-refractivity contribution in [3.63, 3.8) is 0 Å². The van der Waals surface area contributed by atoms with E-state index in [9.17, 15) is 4.79 Å². The highest BCUT2D eigenvalue weighted by Gasteiger charge is 2.25. The summed E-state index contributed by atoms with van der Waals surface area (Å²) in [5.41, 5.74) is 0. The van der Waals surface area contributed by atoms with E-state index >= 15 is 0 Å². The summed E-state index contributed by atoms with van der Waals surface area (Å²) in [6.07, 6.45) is 6.97. The summed E-state index contributed by atoms with van der Waals surface area (Å²) < 4.78 is 0. The number of likely N-dealkylation sites (tertiary alicyclic amines) is 1. The topological polar surface area (TPSA) is 56.7 Å². The monoisotopic (exact) mass is 294 g/mol. The van der Waals surface area contributed by atoms with E-state index in [-0.39, 0.29) is 5.91 Å². The SMILES string of the molecule is CCNC(=NCCCC1CC1)NC1CCN(C(=O)CC)C1. The highest BCUT2D eigenvalue weighted by molar-refractivity contribution is 5.80. The molecule has 0 aromatic heterocycles. The van der Waals surface area contributed by atoms with Crippen LogP contribution in [0, 0.1) is 5.92 Å². The second kappa shape index (κ2) is 8.25. The molecule has 2 aliphatic rings. The third-order valence-electron chi connectivity index (χ3n) is 4.27. The van der Waals surface area contributed by atoms with Crippen molar-refractivity contribution >= 4 is 11.9 Å². The standard InChI is InChI=1S/C16H30N4O/c1-3-15(21)20-11-9-14(12-20)19-16(17-4-2)18-10-5-6-13-7-8-13/h13-14H,3-12H2,1-2H3,(H2,17,18,19). The predicted molar refractivity (Wildman–Crippen MR) is 86.3 cm³/mol. The Kier molecular flexibility index (Phi) is 6.33. The van der Waals surface area contributed by atoms with Crippen molar-refractivity contribution in [3.05, 3.63) is 0 Å². The highest BCUT2D eigenvalue weighted by Crippen LogP contribution is 2.33. The van der Waals surface area contributed by atoms with Gasteiger partial charge in [-0.25, -0.2) is 0 Å². The van der Waals surface area contributed by atoms with Gasteiger partial charge in [0.15, 0.2) is 5.96 Å². The van der Waals surface area contributed by atoms with Gasteiger partial charge in [0.2, 0.25) is 5.91 Å². The molecule has 2 N–H and O–H groups in total. The van der Waals surface area contributed by atoms with Gasteiger partial charge in [0, 0.05) is 38.6 Å². The summed E-state index contributed by atoms with van der Waals surface area (Å²) in [5.74, 6) is 2.15. The van der Waals surface area contributed by atoms with Gasteiger partial charge in [0.25, 0.3) is 0 Å². The second-order valence-corrected chi connectivity index (χ2v) is 6.17. The summed E-state index contributed by atoms with van der Waals surface area (Å²) in [4.78, 5) is 18.3. The summed E-state index contributed by atoms with van der Waals surface area (Å²) in [6.45, 7) is 7.46. The zero-order valence-corrected chi connectivity index (χ0v) is 13.5. The quantitative estimate of drug-likeness (QED) is 0.427. The Morgan fingerprint density at radius 3 is 2.76 bits per heavy atom. The molecular weight excluding hydrogens is 264 g/mol. The lowest BCUT2D eigenvalue weighted by Crippen LogP contribution is -2.45. The van der Waals surface area contributed by atoms with Gasteiger partial charge < -0.3 is 15.5 Å². The van der Waals surface area contributed by atoms with Crippen molar-refractivity contribution in [2.45, 2.75) is 58.4 Å². The molecule has 0 aromatic carbocycles. The Labute approximate surface area is 128 Å². The van der Waals surface area contributed by atoms with Crippen LogP contribution in [0.3, 0.4) is 0 Å². The fraction of sp³-hybridized carbons (Fsp3) is 0.875. The van der Waals surface area contributed by atoms with Crippen molar-refractivity contribution in [1.82, 2.24) is 15.5 Å². The smallest absolute Gasteiger partial charge is 0.222 e. The first kappa shape index (κ1) is 16.1.